The molecule has 0 bridgehead atoms. The van der Waals surface area contributed by atoms with Crippen molar-refractivity contribution in [2.24, 2.45) is 0 Å². The second-order valence-electron chi connectivity index (χ2n) is 7.62. The minimum absolute atomic E-state index is 0.422. The summed E-state index contributed by atoms with van der Waals surface area (Å²) in [6, 6.07) is 0. The molecular weight excluding hydrogens is 452 g/mol. The van der Waals surface area contributed by atoms with E-state index in [-0.39, 0.29) is 0 Å². The number of hydrogen-bond donors (Lipinski definition) is 4. The van der Waals surface area contributed by atoms with Crippen LogP contribution in [0.1, 0.15) is 20.8 Å². The van der Waals surface area contributed by atoms with Crippen molar-refractivity contribution < 1.29 is 68.0 Å². The Morgan fingerprint density at radius 1 is 0.909 bits per heavy atom. The van der Waals surface area contributed by atoms with Crippen LogP contribution < -0.4 is 0 Å². The first-order chi connectivity index (χ1) is 15.5. The lowest BCUT2D eigenvalue weighted by atomic mass is 9.99. The third-order valence-corrected chi connectivity index (χ3v) is 5.00. The van der Waals surface area contributed by atoms with Crippen LogP contribution in [0.15, 0.2) is 0 Å². The Kier molecular flexibility index (Phi) is 9.51. The Morgan fingerprint density at radius 3 is 2.06 bits per heavy atom. The number of esters is 3. The van der Waals surface area contributed by atoms with E-state index in [1.54, 1.807) is 0 Å². The molecule has 2 aliphatic heterocycles. The van der Waals surface area contributed by atoms with E-state index in [9.17, 15) is 34.8 Å². The van der Waals surface area contributed by atoms with Crippen molar-refractivity contribution in [1.29, 1.82) is 0 Å². The summed E-state index contributed by atoms with van der Waals surface area (Å²) in [6.07, 6.45) is -12.3. The molecule has 14 nitrogen and oxygen atoms in total. The molecule has 2 heterocycles. The number of carbonyl (C=O) groups excluding carboxylic acids is 3. The third kappa shape index (κ3) is 6.36. The fourth-order valence-corrected chi connectivity index (χ4v) is 3.64. The Morgan fingerprint density at radius 2 is 1.55 bits per heavy atom. The molecule has 2 saturated heterocycles. The van der Waals surface area contributed by atoms with Crippen LogP contribution in [0, 0.1) is 0 Å². The molecule has 0 radical (unpaired) electrons. The van der Waals surface area contributed by atoms with E-state index in [0.29, 0.717) is 0 Å². The zero-order valence-corrected chi connectivity index (χ0v) is 18.6. The number of aliphatic hydroxyl groups is 4. The molecule has 190 valence electrons. The number of aliphatic hydroxyl groups excluding tert-OH is 4. The highest BCUT2D eigenvalue weighted by Gasteiger charge is 2.63. The van der Waals surface area contributed by atoms with E-state index in [1.165, 1.54) is 7.11 Å². The van der Waals surface area contributed by atoms with Gasteiger partial charge in [0.25, 0.3) is 0 Å². The van der Waals surface area contributed by atoms with Crippen molar-refractivity contribution in [2.75, 3.05) is 26.9 Å². The van der Waals surface area contributed by atoms with Crippen molar-refractivity contribution in [2.45, 2.75) is 75.6 Å². The summed E-state index contributed by atoms with van der Waals surface area (Å²) in [5.41, 5.74) is 0. The molecule has 0 aromatic heterocycles. The molecule has 0 saturated carbocycles. The molecule has 0 aromatic carbocycles. The molecule has 4 N–H and O–H groups in total. The van der Waals surface area contributed by atoms with Gasteiger partial charge < -0.3 is 53.6 Å². The van der Waals surface area contributed by atoms with Gasteiger partial charge in [0.15, 0.2) is 18.5 Å². The third-order valence-electron chi connectivity index (χ3n) is 5.00. The largest absolute Gasteiger partial charge is 0.463 e. The second-order valence-corrected chi connectivity index (χ2v) is 7.62. The van der Waals surface area contributed by atoms with Crippen LogP contribution in [0.3, 0.4) is 0 Å². The smallest absolute Gasteiger partial charge is 0.303 e. The Labute approximate surface area is 189 Å². The van der Waals surface area contributed by atoms with Gasteiger partial charge in [0.1, 0.15) is 43.7 Å². The summed E-state index contributed by atoms with van der Waals surface area (Å²) in [5, 5.41) is 39.9. The SMILES string of the molecule is COC[C@@]1(O[C@H]2O[C@H](CO)[C@@H](O)[C@H](O)[C@H]2O)O[C@H](COC(C)=O)[C@@H](OC(C)=O)[C@@H]1OC(C)=O. The lowest BCUT2D eigenvalue weighted by Gasteiger charge is -2.43. The van der Waals surface area contributed by atoms with Crippen LogP contribution in [0.4, 0.5) is 0 Å². The molecular formula is C19H30O14. The fourth-order valence-electron chi connectivity index (χ4n) is 3.64. The summed E-state index contributed by atoms with van der Waals surface area (Å²) in [6.45, 7) is 1.72. The Bertz CT molecular complexity index is 698. The zero-order chi connectivity index (χ0) is 24.9. The maximum absolute atomic E-state index is 11.9. The number of carbonyl (C=O) groups is 3. The van der Waals surface area contributed by atoms with Gasteiger partial charge in [-0.1, -0.05) is 0 Å². The predicted molar refractivity (Wildman–Crippen MR) is 102 cm³/mol. The van der Waals surface area contributed by atoms with Crippen molar-refractivity contribution in [3.8, 4) is 0 Å². The van der Waals surface area contributed by atoms with E-state index in [4.69, 9.17) is 33.2 Å². The molecule has 33 heavy (non-hydrogen) atoms. The monoisotopic (exact) mass is 482 g/mol. The van der Waals surface area contributed by atoms with Crippen LogP contribution >= 0.6 is 0 Å². The van der Waals surface area contributed by atoms with Crippen LogP contribution in [-0.2, 0) is 47.5 Å². The van der Waals surface area contributed by atoms with Crippen LogP contribution in [0.5, 0.6) is 0 Å². The van der Waals surface area contributed by atoms with E-state index < -0.39 is 92.5 Å². The van der Waals surface area contributed by atoms with Gasteiger partial charge in [0.05, 0.1) is 6.61 Å². The number of hydrogen-bond acceptors (Lipinski definition) is 14. The van der Waals surface area contributed by atoms with Crippen LogP contribution in [0.25, 0.3) is 0 Å². The zero-order valence-electron chi connectivity index (χ0n) is 18.6. The van der Waals surface area contributed by atoms with E-state index >= 15 is 0 Å². The predicted octanol–water partition coefficient (Wildman–Crippen LogP) is -3.03. The minimum Gasteiger partial charge on any atom is -0.463 e. The summed E-state index contributed by atoms with van der Waals surface area (Å²) in [5.74, 6) is -4.33. The van der Waals surface area contributed by atoms with Gasteiger partial charge in [-0.05, 0) is 0 Å². The van der Waals surface area contributed by atoms with Crippen molar-refractivity contribution in [1.82, 2.24) is 0 Å². The number of methoxy groups -OCH3 is 1. The molecule has 0 aromatic rings. The molecule has 2 aliphatic rings. The first kappa shape index (κ1) is 27.3. The molecule has 0 aliphatic carbocycles. The van der Waals surface area contributed by atoms with Gasteiger partial charge in [0, 0.05) is 27.9 Å². The summed E-state index contributed by atoms with van der Waals surface area (Å²) >= 11 is 0. The normalized spacial score (nSPS) is 38.5. The summed E-state index contributed by atoms with van der Waals surface area (Å²) in [4.78, 5) is 34.9. The average Bonchev–Trinajstić information content (AvgIpc) is 2.98. The molecule has 0 unspecified atom stereocenters. The van der Waals surface area contributed by atoms with Gasteiger partial charge in [-0.2, -0.15) is 0 Å². The second kappa shape index (κ2) is 11.5. The van der Waals surface area contributed by atoms with Crippen LogP contribution in [0.2, 0.25) is 0 Å². The minimum atomic E-state index is -2.08. The molecule has 0 amide bonds. The molecule has 9 atom stereocenters. The van der Waals surface area contributed by atoms with Crippen molar-refractivity contribution >= 4 is 17.9 Å². The Balaban J connectivity index is 2.44. The van der Waals surface area contributed by atoms with Crippen molar-refractivity contribution in [3.63, 3.8) is 0 Å². The van der Waals surface area contributed by atoms with E-state index in [1.807, 2.05) is 0 Å². The highest BCUT2D eigenvalue weighted by molar-refractivity contribution is 5.68. The fraction of sp³-hybridized carbons (Fsp3) is 0.842. The van der Waals surface area contributed by atoms with Gasteiger partial charge >= 0.3 is 17.9 Å². The van der Waals surface area contributed by atoms with Gasteiger partial charge in [-0.25, -0.2) is 0 Å². The van der Waals surface area contributed by atoms with Gasteiger partial charge in [0.2, 0.25) is 5.79 Å². The van der Waals surface area contributed by atoms with Crippen molar-refractivity contribution in [3.05, 3.63) is 0 Å². The van der Waals surface area contributed by atoms with E-state index in [0.717, 1.165) is 20.8 Å². The maximum atomic E-state index is 11.9. The first-order valence-electron chi connectivity index (χ1n) is 10.1. The first-order valence-corrected chi connectivity index (χ1v) is 10.1. The standard InChI is InChI=1S/C19H30O14/c1-8(21)28-6-12-16(29-9(2)22)17(30-10(3)23)19(32-12,7-27-4)33-18-15(26)14(25)13(24)11(5-20)31-18/h11-18,20,24-26H,5-7H2,1-4H3/t11-,12-,13-,14+,15-,16-,17+,18-,19+/m1/s1. The lowest BCUT2D eigenvalue weighted by molar-refractivity contribution is -0.384. The van der Waals surface area contributed by atoms with Crippen LogP contribution in [-0.4, -0.2) is 120 Å². The maximum Gasteiger partial charge on any atom is 0.303 e. The molecule has 0 spiro atoms. The topological polar surface area (TPSA) is 197 Å². The van der Waals surface area contributed by atoms with E-state index in [2.05, 4.69) is 0 Å². The van der Waals surface area contributed by atoms with Gasteiger partial charge in [-0.3, -0.25) is 14.4 Å². The quantitative estimate of drug-likeness (QED) is 0.191. The molecule has 2 fully saturated rings. The summed E-state index contributed by atoms with van der Waals surface area (Å²) in [7, 11) is 1.26. The molecule has 2 rings (SSSR count). The Hall–Kier alpha value is -1.91. The number of rotatable bonds is 9. The van der Waals surface area contributed by atoms with Gasteiger partial charge in [-0.15, -0.1) is 0 Å². The number of ether oxygens (including phenoxy) is 7. The average molecular weight is 482 g/mol. The highest BCUT2D eigenvalue weighted by atomic mass is 16.8. The molecule has 14 heteroatoms. The summed E-state index contributed by atoms with van der Waals surface area (Å²) < 4.78 is 37.7. The lowest BCUT2D eigenvalue weighted by Crippen LogP contribution is -2.63. The highest BCUT2D eigenvalue weighted by Crippen LogP contribution is 2.40.